The van der Waals surface area contributed by atoms with Gasteiger partial charge in [0.25, 0.3) is 5.56 Å². The van der Waals surface area contributed by atoms with Gasteiger partial charge in [0.1, 0.15) is 0 Å². The summed E-state index contributed by atoms with van der Waals surface area (Å²) in [5.41, 5.74) is 3.78. The fraction of sp³-hybridized carbons (Fsp3) is 0.241. The smallest absolute Gasteiger partial charge is 0.261 e. The molecule has 7 nitrogen and oxygen atoms in total. The maximum Gasteiger partial charge on any atom is 0.261 e. The predicted octanol–water partition coefficient (Wildman–Crippen LogP) is 4.37. The van der Waals surface area contributed by atoms with Crippen LogP contribution in [-0.2, 0) is 11.2 Å². The molecule has 1 aliphatic heterocycles. The first kappa shape index (κ1) is 23.4. The molecule has 186 valence electrons. The molecule has 0 unspecified atom stereocenters. The Morgan fingerprint density at radius 1 is 1.08 bits per heavy atom. The van der Waals surface area contributed by atoms with E-state index in [1.165, 1.54) is 10.9 Å². The average molecular weight is 497 g/mol. The molecule has 1 N–H and O–H groups in total. The van der Waals surface area contributed by atoms with Crippen LogP contribution in [0.4, 0.5) is 4.39 Å². The molecule has 5 aromatic rings. The van der Waals surface area contributed by atoms with Crippen molar-refractivity contribution in [2.24, 2.45) is 0 Å². The first-order chi connectivity index (χ1) is 18.0. The number of aryl methyl sites for hydroxylation is 1. The van der Waals surface area contributed by atoms with E-state index in [9.17, 15) is 14.3 Å². The van der Waals surface area contributed by atoms with E-state index >= 15 is 0 Å². The molecule has 0 aliphatic carbocycles. The second kappa shape index (κ2) is 9.46. The molecule has 37 heavy (non-hydrogen) atoms. The Morgan fingerprint density at radius 3 is 2.73 bits per heavy atom. The molecule has 0 radical (unpaired) electrons. The van der Waals surface area contributed by atoms with Gasteiger partial charge >= 0.3 is 0 Å². The standard InChI is InChI=1S/C29H25FN4O3/c1-17-6-7-22(28(30)33-17)24-13-18(8-10-31-24)12-19-14-23-27(21-5-3-2-4-20(19)21)32-16-34(29(23)36)25-9-11-37-15-26(25)35/h2-8,10,13-14,16,25-26,35H,9,11-12,15H2,1H3/t25-,26-/m0/s1. The lowest BCUT2D eigenvalue weighted by Crippen LogP contribution is -2.39. The second-order valence-electron chi connectivity index (χ2n) is 9.45. The van der Waals surface area contributed by atoms with Gasteiger partial charge in [0.05, 0.1) is 47.2 Å². The number of halogens is 1. The Hall–Kier alpha value is -4.01. The summed E-state index contributed by atoms with van der Waals surface area (Å²) >= 11 is 0. The van der Waals surface area contributed by atoms with Gasteiger partial charge in [-0.05, 0) is 66.6 Å². The van der Waals surface area contributed by atoms with E-state index in [4.69, 9.17) is 4.74 Å². The highest BCUT2D eigenvalue weighted by molar-refractivity contribution is 6.06. The summed E-state index contributed by atoms with van der Waals surface area (Å²) in [4.78, 5) is 26.6. The number of hydrogen-bond acceptors (Lipinski definition) is 6. The molecule has 8 heteroatoms. The highest BCUT2D eigenvalue weighted by Gasteiger charge is 2.27. The topological polar surface area (TPSA) is 90.1 Å². The number of ether oxygens (including phenoxy) is 1. The van der Waals surface area contributed by atoms with Gasteiger partial charge in [0.15, 0.2) is 0 Å². The van der Waals surface area contributed by atoms with Gasteiger partial charge in [0.2, 0.25) is 5.95 Å². The molecule has 2 atom stereocenters. The quantitative estimate of drug-likeness (QED) is 0.294. The summed E-state index contributed by atoms with van der Waals surface area (Å²) in [6.07, 6.45) is 3.49. The largest absolute Gasteiger partial charge is 0.389 e. The van der Waals surface area contributed by atoms with Gasteiger partial charge < -0.3 is 9.84 Å². The zero-order valence-corrected chi connectivity index (χ0v) is 20.3. The van der Waals surface area contributed by atoms with Crippen LogP contribution in [0.1, 0.15) is 29.3 Å². The van der Waals surface area contributed by atoms with Crippen LogP contribution in [0.2, 0.25) is 0 Å². The van der Waals surface area contributed by atoms with Crippen molar-refractivity contribution in [3.63, 3.8) is 0 Å². The van der Waals surface area contributed by atoms with Crippen molar-refractivity contribution in [3.8, 4) is 11.3 Å². The van der Waals surface area contributed by atoms with E-state index in [1.807, 2.05) is 42.5 Å². The van der Waals surface area contributed by atoms with Crippen LogP contribution in [0.25, 0.3) is 32.9 Å². The van der Waals surface area contributed by atoms with E-state index in [1.54, 1.807) is 25.3 Å². The Bertz CT molecular complexity index is 1700. The fourth-order valence-corrected chi connectivity index (χ4v) is 5.13. The summed E-state index contributed by atoms with van der Waals surface area (Å²) in [5, 5.41) is 12.8. The van der Waals surface area contributed by atoms with E-state index in [0.29, 0.717) is 47.3 Å². The van der Waals surface area contributed by atoms with Crippen LogP contribution < -0.4 is 5.56 Å². The number of nitrogens with zero attached hydrogens (tertiary/aromatic N) is 4. The first-order valence-electron chi connectivity index (χ1n) is 12.3. The Balaban J connectivity index is 1.47. The van der Waals surface area contributed by atoms with Gasteiger partial charge in [-0.1, -0.05) is 24.3 Å². The molecule has 2 aromatic carbocycles. The third kappa shape index (κ3) is 4.28. The normalized spacial score (nSPS) is 17.9. The van der Waals surface area contributed by atoms with Crippen molar-refractivity contribution in [2.45, 2.75) is 31.9 Å². The number of aliphatic hydroxyl groups is 1. The summed E-state index contributed by atoms with van der Waals surface area (Å²) in [5.74, 6) is -0.553. The number of aromatic nitrogens is 4. The molecule has 0 bridgehead atoms. The lowest BCUT2D eigenvalue weighted by atomic mass is 9.95. The maximum atomic E-state index is 14.5. The Morgan fingerprint density at radius 2 is 1.92 bits per heavy atom. The zero-order valence-electron chi connectivity index (χ0n) is 20.3. The molecule has 1 saturated heterocycles. The van der Waals surface area contributed by atoms with Crippen molar-refractivity contribution in [2.75, 3.05) is 13.2 Å². The van der Waals surface area contributed by atoms with E-state index < -0.39 is 12.1 Å². The third-order valence-electron chi connectivity index (χ3n) is 7.01. The van der Waals surface area contributed by atoms with Gasteiger partial charge in [-0.3, -0.25) is 14.3 Å². The van der Waals surface area contributed by atoms with Crippen molar-refractivity contribution in [1.29, 1.82) is 0 Å². The number of hydrogen-bond donors (Lipinski definition) is 1. The third-order valence-corrected chi connectivity index (χ3v) is 7.01. The molecular formula is C29H25FN4O3. The second-order valence-corrected chi connectivity index (χ2v) is 9.45. The summed E-state index contributed by atoms with van der Waals surface area (Å²) in [7, 11) is 0. The zero-order chi connectivity index (χ0) is 25.5. The minimum atomic E-state index is -0.766. The minimum absolute atomic E-state index is 0.189. The molecule has 0 amide bonds. The van der Waals surface area contributed by atoms with Gasteiger partial charge in [0, 0.05) is 23.9 Å². The van der Waals surface area contributed by atoms with Crippen molar-refractivity contribution in [1.82, 2.24) is 19.5 Å². The van der Waals surface area contributed by atoms with E-state index in [2.05, 4.69) is 15.0 Å². The first-order valence-corrected chi connectivity index (χ1v) is 12.3. The van der Waals surface area contributed by atoms with Crippen LogP contribution in [0.5, 0.6) is 0 Å². The van der Waals surface area contributed by atoms with Crippen LogP contribution in [0.3, 0.4) is 0 Å². The van der Waals surface area contributed by atoms with Crippen LogP contribution in [0, 0.1) is 12.9 Å². The highest BCUT2D eigenvalue weighted by Crippen LogP contribution is 2.29. The molecular weight excluding hydrogens is 471 g/mol. The number of aliphatic hydroxyl groups excluding tert-OH is 1. The van der Waals surface area contributed by atoms with Crippen molar-refractivity contribution in [3.05, 3.63) is 100 Å². The lowest BCUT2D eigenvalue weighted by molar-refractivity contribution is -0.0395. The maximum absolute atomic E-state index is 14.5. The highest BCUT2D eigenvalue weighted by atomic mass is 19.1. The molecule has 6 rings (SSSR count). The fourth-order valence-electron chi connectivity index (χ4n) is 5.13. The van der Waals surface area contributed by atoms with Gasteiger partial charge in [-0.25, -0.2) is 9.97 Å². The number of benzene rings is 2. The minimum Gasteiger partial charge on any atom is -0.389 e. The van der Waals surface area contributed by atoms with Crippen molar-refractivity contribution < 1.29 is 14.2 Å². The van der Waals surface area contributed by atoms with Gasteiger partial charge in [-0.2, -0.15) is 4.39 Å². The van der Waals surface area contributed by atoms with Crippen LogP contribution in [0.15, 0.2) is 71.9 Å². The molecule has 0 saturated carbocycles. The van der Waals surface area contributed by atoms with Crippen LogP contribution in [-0.4, -0.2) is 43.9 Å². The lowest BCUT2D eigenvalue weighted by Gasteiger charge is -2.29. The summed E-state index contributed by atoms with van der Waals surface area (Å²) in [6.45, 7) is 2.42. The molecule has 0 spiro atoms. The molecule has 3 aromatic heterocycles. The Labute approximate surface area is 212 Å². The number of fused-ring (bicyclic) bond motifs is 3. The van der Waals surface area contributed by atoms with Crippen LogP contribution >= 0.6 is 0 Å². The van der Waals surface area contributed by atoms with Gasteiger partial charge in [-0.15, -0.1) is 0 Å². The van der Waals surface area contributed by atoms with Crippen molar-refractivity contribution >= 4 is 21.7 Å². The Kier molecular flexibility index (Phi) is 5.98. The molecule has 1 aliphatic rings. The summed E-state index contributed by atoms with van der Waals surface area (Å²) < 4.78 is 21.4. The predicted molar refractivity (Wildman–Crippen MR) is 139 cm³/mol. The monoisotopic (exact) mass is 496 g/mol. The van der Waals surface area contributed by atoms with E-state index in [-0.39, 0.29) is 18.2 Å². The SMILES string of the molecule is Cc1ccc(-c2cc(Cc3cc4c(=O)n([C@H]5CCOC[C@@H]5O)cnc4c4ccccc34)ccn2)c(F)n1. The molecule has 1 fully saturated rings. The number of rotatable bonds is 4. The van der Waals surface area contributed by atoms with E-state index in [0.717, 1.165) is 21.9 Å². The molecule has 4 heterocycles. The average Bonchev–Trinajstić information content (AvgIpc) is 2.90. The summed E-state index contributed by atoms with van der Waals surface area (Å²) in [6, 6.07) is 16.6. The number of pyridine rings is 2.